The second-order valence-corrected chi connectivity index (χ2v) is 4.97. The quantitative estimate of drug-likeness (QED) is 0.915. The van der Waals surface area contributed by atoms with Gasteiger partial charge in [-0.3, -0.25) is 4.79 Å². The number of carbonyl (C=O) groups is 1. The van der Waals surface area contributed by atoms with Crippen LogP contribution in [0.1, 0.15) is 18.5 Å². The van der Waals surface area contributed by atoms with Crippen molar-refractivity contribution in [2.45, 2.75) is 19.4 Å². The monoisotopic (exact) mass is 290 g/mol. The minimum atomic E-state index is -0.358. The molecule has 0 unspecified atom stereocenters. The summed E-state index contributed by atoms with van der Waals surface area (Å²) in [5, 5.41) is 16.6. The lowest BCUT2D eigenvalue weighted by Gasteiger charge is -2.28. The van der Waals surface area contributed by atoms with Crippen molar-refractivity contribution in [3.8, 4) is 5.69 Å². The summed E-state index contributed by atoms with van der Waals surface area (Å²) in [6.45, 7) is 0.891. The number of piperidine rings is 1. The van der Waals surface area contributed by atoms with Crippen LogP contribution in [-0.2, 0) is 11.4 Å². The van der Waals surface area contributed by atoms with Gasteiger partial charge in [0.1, 0.15) is 17.3 Å². The molecular formula is C14H15FN4O2. The summed E-state index contributed by atoms with van der Waals surface area (Å²) in [7, 11) is 0. The van der Waals surface area contributed by atoms with Crippen molar-refractivity contribution in [3.63, 3.8) is 0 Å². The Morgan fingerprint density at radius 3 is 2.67 bits per heavy atom. The first-order valence-corrected chi connectivity index (χ1v) is 6.76. The molecule has 0 saturated carbocycles. The number of aliphatic hydroxyl groups excluding tert-OH is 1. The minimum Gasteiger partial charge on any atom is -0.390 e. The SMILES string of the molecule is O=C1CCN(c2ccc(-n3cc(CO)nn3)cc2F)CC1. The van der Waals surface area contributed by atoms with Crippen LogP contribution in [-0.4, -0.2) is 39.0 Å². The molecule has 1 fully saturated rings. The molecule has 1 N–H and O–H groups in total. The summed E-state index contributed by atoms with van der Waals surface area (Å²) in [5.74, 6) is -0.134. The van der Waals surface area contributed by atoms with E-state index in [0.717, 1.165) is 0 Å². The molecule has 1 aromatic carbocycles. The number of aliphatic hydroxyl groups is 1. The highest BCUT2D eigenvalue weighted by atomic mass is 19.1. The van der Waals surface area contributed by atoms with E-state index in [1.54, 1.807) is 18.3 Å². The molecule has 1 saturated heterocycles. The number of carbonyl (C=O) groups excluding carboxylic acids is 1. The highest BCUT2D eigenvalue weighted by Crippen LogP contribution is 2.24. The van der Waals surface area contributed by atoms with Crippen LogP contribution >= 0.6 is 0 Å². The summed E-state index contributed by atoms with van der Waals surface area (Å²) in [5.41, 5.74) is 1.46. The fraction of sp³-hybridized carbons (Fsp3) is 0.357. The second kappa shape index (κ2) is 5.61. The topological polar surface area (TPSA) is 71.2 Å². The van der Waals surface area contributed by atoms with Gasteiger partial charge in [-0.25, -0.2) is 9.07 Å². The predicted molar refractivity (Wildman–Crippen MR) is 73.7 cm³/mol. The van der Waals surface area contributed by atoms with Crippen LogP contribution in [0.25, 0.3) is 5.69 Å². The van der Waals surface area contributed by atoms with E-state index in [9.17, 15) is 9.18 Å². The molecule has 7 heteroatoms. The molecule has 1 aliphatic heterocycles. The first kappa shape index (κ1) is 13.7. The third-order valence-corrected chi connectivity index (χ3v) is 3.56. The van der Waals surface area contributed by atoms with Gasteiger partial charge in [0.05, 0.1) is 24.2 Å². The number of nitrogens with zero attached hydrogens (tertiary/aromatic N) is 4. The van der Waals surface area contributed by atoms with Crippen LogP contribution in [0.4, 0.5) is 10.1 Å². The average Bonchev–Trinajstić information content (AvgIpc) is 2.97. The maximum absolute atomic E-state index is 14.3. The van der Waals surface area contributed by atoms with Crippen molar-refractivity contribution in [3.05, 3.63) is 35.9 Å². The molecule has 21 heavy (non-hydrogen) atoms. The van der Waals surface area contributed by atoms with E-state index in [4.69, 9.17) is 5.11 Å². The van der Waals surface area contributed by atoms with Crippen molar-refractivity contribution in [1.29, 1.82) is 0 Å². The van der Waals surface area contributed by atoms with Gasteiger partial charge >= 0.3 is 0 Å². The van der Waals surface area contributed by atoms with Gasteiger partial charge in [-0.05, 0) is 12.1 Å². The lowest BCUT2D eigenvalue weighted by Crippen LogP contribution is -2.34. The lowest BCUT2D eigenvalue weighted by atomic mass is 10.1. The van der Waals surface area contributed by atoms with Crippen molar-refractivity contribution in [2.75, 3.05) is 18.0 Å². The van der Waals surface area contributed by atoms with E-state index in [1.165, 1.54) is 10.7 Å². The van der Waals surface area contributed by atoms with Crippen LogP contribution < -0.4 is 4.90 Å². The molecule has 0 amide bonds. The molecular weight excluding hydrogens is 275 g/mol. The molecule has 0 radical (unpaired) electrons. The molecule has 0 atom stereocenters. The third-order valence-electron chi connectivity index (χ3n) is 3.56. The minimum absolute atomic E-state index is 0.206. The Labute approximate surface area is 120 Å². The van der Waals surface area contributed by atoms with Crippen LogP contribution in [0.2, 0.25) is 0 Å². The van der Waals surface area contributed by atoms with Gasteiger partial charge in [0.25, 0.3) is 0 Å². The summed E-state index contributed by atoms with van der Waals surface area (Å²) >= 11 is 0. The number of hydrogen-bond acceptors (Lipinski definition) is 5. The Morgan fingerprint density at radius 2 is 2.05 bits per heavy atom. The normalized spacial score (nSPS) is 15.5. The fourth-order valence-corrected chi connectivity index (χ4v) is 2.39. The molecule has 0 bridgehead atoms. The summed E-state index contributed by atoms with van der Waals surface area (Å²) in [6, 6.07) is 4.80. The molecule has 1 aromatic heterocycles. The van der Waals surface area contributed by atoms with E-state index in [1.807, 2.05) is 4.90 Å². The van der Waals surface area contributed by atoms with Crippen LogP contribution in [0.15, 0.2) is 24.4 Å². The first-order valence-electron chi connectivity index (χ1n) is 6.76. The van der Waals surface area contributed by atoms with Crippen molar-refractivity contribution in [2.24, 2.45) is 0 Å². The molecule has 3 rings (SSSR count). The summed E-state index contributed by atoms with van der Waals surface area (Å²) in [6.07, 6.45) is 2.47. The van der Waals surface area contributed by atoms with E-state index >= 15 is 0 Å². The third kappa shape index (κ3) is 2.78. The molecule has 0 spiro atoms. The average molecular weight is 290 g/mol. The van der Waals surface area contributed by atoms with E-state index < -0.39 is 0 Å². The van der Waals surface area contributed by atoms with Gasteiger partial charge in [0.15, 0.2) is 0 Å². The number of anilines is 1. The molecule has 1 aliphatic rings. The second-order valence-electron chi connectivity index (χ2n) is 4.97. The molecule has 6 nitrogen and oxygen atoms in total. The number of Topliss-reactive ketones (excluding diaryl/α,β-unsaturated/α-hetero) is 1. The Hall–Kier alpha value is -2.28. The van der Waals surface area contributed by atoms with E-state index in [-0.39, 0.29) is 18.2 Å². The highest BCUT2D eigenvalue weighted by molar-refractivity contribution is 5.81. The Balaban J connectivity index is 1.84. The molecule has 2 aromatic rings. The zero-order valence-electron chi connectivity index (χ0n) is 11.4. The zero-order chi connectivity index (χ0) is 14.8. The number of aromatic nitrogens is 3. The maximum atomic E-state index is 14.3. The summed E-state index contributed by atoms with van der Waals surface area (Å²) < 4.78 is 15.7. The molecule has 110 valence electrons. The Morgan fingerprint density at radius 1 is 1.29 bits per heavy atom. The predicted octanol–water partition coefficient (Wildman–Crippen LogP) is 1.07. The largest absolute Gasteiger partial charge is 0.390 e. The van der Waals surface area contributed by atoms with Crippen molar-refractivity contribution in [1.82, 2.24) is 15.0 Å². The zero-order valence-corrected chi connectivity index (χ0v) is 11.4. The van der Waals surface area contributed by atoms with Gasteiger partial charge in [-0.1, -0.05) is 5.21 Å². The number of hydrogen-bond donors (Lipinski definition) is 1. The fourth-order valence-electron chi connectivity index (χ4n) is 2.39. The standard InChI is InChI=1S/C14H15FN4O2/c15-13-7-11(19-8-10(9-20)16-17-19)1-2-14(13)18-5-3-12(21)4-6-18/h1-2,7-8,20H,3-6,9H2. The van der Waals surface area contributed by atoms with Gasteiger partial charge < -0.3 is 10.0 Å². The molecule has 2 heterocycles. The van der Waals surface area contributed by atoms with Gasteiger partial charge in [-0.2, -0.15) is 0 Å². The summed E-state index contributed by atoms with van der Waals surface area (Å²) in [4.78, 5) is 13.1. The Bertz CT molecular complexity index is 661. The van der Waals surface area contributed by atoms with Crippen molar-refractivity contribution < 1.29 is 14.3 Å². The van der Waals surface area contributed by atoms with Crippen molar-refractivity contribution >= 4 is 11.5 Å². The smallest absolute Gasteiger partial charge is 0.148 e. The highest BCUT2D eigenvalue weighted by Gasteiger charge is 2.19. The van der Waals surface area contributed by atoms with Crippen LogP contribution in [0.3, 0.4) is 0 Å². The number of ketones is 1. The number of halogens is 1. The van der Waals surface area contributed by atoms with Gasteiger partial charge in [0.2, 0.25) is 0 Å². The van der Waals surface area contributed by atoms with E-state index in [2.05, 4.69) is 10.3 Å². The number of benzene rings is 1. The molecule has 0 aliphatic carbocycles. The maximum Gasteiger partial charge on any atom is 0.148 e. The number of rotatable bonds is 3. The Kier molecular flexibility index (Phi) is 3.66. The first-order chi connectivity index (χ1) is 10.2. The van der Waals surface area contributed by atoms with Gasteiger partial charge in [-0.15, -0.1) is 5.10 Å². The van der Waals surface area contributed by atoms with E-state index in [0.29, 0.717) is 43.0 Å². The lowest BCUT2D eigenvalue weighted by molar-refractivity contribution is -0.119. The van der Waals surface area contributed by atoms with Crippen LogP contribution in [0, 0.1) is 5.82 Å². The van der Waals surface area contributed by atoms with Crippen LogP contribution in [0.5, 0.6) is 0 Å². The van der Waals surface area contributed by atoms with Gasteiger partial charge in [0, 0.05) is 32.0 Å².